The summed E-state index contributed by atoms with van der Waals surface area (Å²) < 4.78 is 6.25. The summed E-state index contributed by atoms with van der Waals surface area (Å²) in [5.41, 5.74) is 11.3. The molecule has 2 unspecified atom stereocenters. The van der Waals surface area contributed by atoms with Crippen molar-refractivity contribution in [3.8, 4) is 12.1 Å². The molecule has 4 atom stereocenters. The maximum atomic E-state index is 13.5. The van der Waals surface area contributed by atoms with E-state index >= 15 is 0 Å². The van der Waals surface area contributed by atoms with E-state index in [0.717, 1.165) is 37.1 Å². The maximum Gasteiger partial charge on any atom is 0.345 e. The number of nitrogens with two attached hydrogens (primary N) is 2. The number of likely N-dealkylation sites (tertiary alicyclic amines) is 1. The molecule has 1 spiro atoms. The van der Waals surface area contributed by atoms with Gasteiger partial charge in [-0.3, -0.25) is 15.0 Å². The van der Waals surface area contributed by atoms with Crippen LogP contribution in [0, 0.1) is 11.3 Å². The summed E-state index contributed by atoms with van der Waals surface area (Å²) in [6.45, 7) is 5.39. The number of ether oxygens (including phenoxy) is 1. The molecule has 15 nitrogen and oxygen atoms in total. The second-order valence-corrected chi connectivity index (χ2v) is 13.9. The fourth-order valence-electron chi connectivity index (χ4n) is 7.14. The Hall–Kier alpha value is -4.49. The fourth-order valence-corrected chi connectivity index (χ4v) is 8.33. The zero-order chi connectivity index (χ0) is 32.8. The zero-order valence-corrected chi connectivity index (χ0v) is 26.9. The van der Waals surface area contributed by atoms with Gasteiger partial charge < -0.3 is 31.3 Å². The summed E-state index contributed by atoms with van der Waals surface area (Å²) in [6.07, 6.45) is 4.80. The van der Waals surface area contributed by atoms with Crippen molar-refractivity contribution < 1.29 is 24.0 Å². The Balaban J connectivity index is 1.29. The van der Waals surface area contributed by atoms with E-state index in [0.29, 0.717) is 47.8 Å². The molecule has 3 fully saturated rings. The van der Waals surface area contributed by atoms with E-state index in [1.165, 1.54) is 11.3 Å². The molecule has 3 saturated heterocycles. The molecule has 4 aliphatic rings. The number of carbonyl (C=O) groups excluding carboxylic acids is 3. The van der Waals surface area contributed by atoms with E-state index in [1.807, 2.05) is 18.9 Å². The number of carbonyl (C=O) groups is 3. The highest BCUT2D eigenvalue weighted by molar-refractivity contribution is 7.16. The Bertz CT molecular complexity index is 1650. The Kier molecular flexibility index (Phi) is 8.23. The van der Waals surface area contributed by atoms with Crippen LogP contribution in [0.2, 0.25) is 0 Å². The average molecular weight is 651 g/mol. The van der Waals surface area contributed by atoms with Crippen LogP contribution in [-0.2, 0) is 26.3 Å². The van der Waals surface area contributed by atoms with Gasteiger partial charge in [0.25, 0.3) is 5.91 Å². The molecule has 3 amide bonds. The lowest BCUT2D eigenvalue weighted by Gasteiger charge is -2.38. The first-order valence-electron chi connectivity index (χ1n) is 15.5. The molecule has 2 aromatic rings. The molecular formula is C30H38N10O5S. The molecule has 2 aromatic heterocycles. The topological polar surface area (TPSA) is 214 Å². The highest BCUT2D eigenvalue weighted by Crippen LogP contribution is 2.46. The smallest absolute Gasteiger partial charge is 0.345 e. The molecule has 3 aliphatic heterocycles. The Morgan fingerprint density at radius 1 is 1.26 bits per heavy atom. The number of hydrogen-bond donors (Lipinski definition) is 4. The van der Waals surface area contributed by atoms with Crippen molar-refractivity contribution >= 4 is 45.9 Å². The number of aromatic nitrogens is 2. The number of thiophene rings is 1. The Labute approximate surface area is 270 Å². The van der Waals surface area contributed by atoms with Crippen molar-refractivity contribution in [1.82, 2.24) is 25.5 Å². The number of amides is 3. The van der Waals surface area contributed by atoms with E-state index in [4.69, 9.17) is 21.0 Å². The van der Waals surface area contributed by atoms with Gasteiger partial charge in [-0.15, -0.1) is 11.3 Å². The van der Waals surface area contributed by atoms with Crippen molar-refractivity contribution in [3.63, 3.8) is 0 Å². The number of rotatable bonds is 7. The highest BCUT2D eigenvalue weighted by Gasteiger charge is 2.49. The van der Waals surface area contributed by atoms with Crippen molar-refractivity contribution in [3.05, 3.63) is 27.8 Å². The van der Waals surface area contributed by atoms with Gasteiger partial charge in [0.05, 0.1) is 17.5 Å². The molecule has 46 heavy (non-hydrogen) atoms. The number of nitriles is 1. The highest BCUT2D eigenvalue weighted by atomic mass is 32.1. The third-order valence-corrected chi connectivity index (χ3v) is 10.7. The van der Waals surface area contributed by atoms with Crippen molar-refractivity contribution in [2.24, 2.45) is 10.9 Å². The number of nitrogens with one attached hydrogen (secondary N) is 2. The molecule has 0 radical (unpaired) electrons. The molecular weight excluding hydrogens is 612 g/mol. The number of imide groups is 1. The third kappa shape index (κ3) is 5.58. The molecule has 0 aromatic carbocycles. The summed E-state index contributed by atoms with van der Waals surface area (Å²) in [5, 5.41) is 19.2. The first-order chi connectivity index (χ1) is 21.9. The monoisotopic (exact) mass is 650 g/mol. The number of anilines is 2. The molecule has 0 saturated carbocycles. The number of oxime groups is 1. The van der Waals surface area contributed by atoms with E-state index < -0.39 is 23.0 Å². The van der Waals surface area contributed by atoms with Crippen LogP contribution < -0.4 is 31.7 Å². The summed E-state index contributed by atoms with van der Waals surface area (Å²) in [4.78, 5) is 57.9. The van der Waals surface area contributed by atoms with Crippen molar-refractivity contribution in [1.29, 1.82) is 5.26 Å². The Morgan fingerprint density at radius 2 is 2.07 bits per heavy atom. The molecule has 244 valence electrons. The minimum atomic E-state index is -1.13. The Morgan fingerprint density at radius 3 is 2.76 bits per heavy atom. The van der Waals surface area contributed by atoms with Crippen LogP contribution in [-0.4, -0.2) is 83.0 Å². The van der Waals surface area contributed by atoms with Crippen LogP contribution in [0.25, 0.3) is 0 Å². The summed E-state index contributed by atoms with van der Waals surface area (Å²) in [7, 11) is 2.05. The SMILES string of the molecule is C[C@H](Oc1nc(/C(N)=N/OC(=O)C2(C)CCCc3sc(N)c(C#N)c32)cc(N2CCCC3(C2)NC(=O)NC3=O)n1)[C@@H]1CCCN1C. The number of aryl methyl sites for hydroxylation is 1. The molecule has 5 heterocycles. The first kappa shape index (κ1) is 31.5. The van der Waals surface area contributed by atoms with Crippen LogP contribution in [0.15, 0.2) is 11.2 Å². The van der Waals surface area contributed by atoms with Gasteiger partial charge in [0, 0.05) is 29.1 Å². The molecule has 16 heteroatoms. The average Bonchev–Trinajstić information content (AvgIpc) is 3.69. The minimum absolute atomic E-state index is 0.0561. The molecule has 6 N–H and O–H groups in total. The van der Waals surface area contributed by atoms with Gasteiger partial charge in [0.2, 0.25) is 0 Å². The minimum Gasteiger partial charge on any atom is -0.459 e. The number of amidine groups is 1. The van der Waals surface area contributed by atoms with Gasteiger partial charge in [-0.1, -0.05) is 5.16 Å². The lowest BCUT2D eigenvalue weighted by Crippen LogP contribution is -2.58. The van der Waals surface area contributed by atoms with Gasteiger partial charge in [-0.2, -0.15) is 15.2 Å². The summed E-state index contributed by atoms with van der Waals surface area (Å²) in [6, 6.07) is 3.43. The van der Waals surface area contributed by atoms with Gasteiger partial charge in [-0.05, 0) is 72.4 Å². The largest absolute Gasteiger partial charge is 0.459 e. The van der Waals surface area contributed by atoms with Crippen LogP contribution in [0.1, 0.15) is 74.1 Å². The molecule has 6 rings (SSSR count). The van der Waals surface area contributed by atoms with Crippen LogP contribution in [0.3, 0.4) is 0 Å². The van der Waals surface area contributed by atoms with E-state index in [9.17, 15) is 19.6 Å². The van der Waals surface area contributed by atoms with Gasteiger partial charge in [-0.25, -0.2) is 9.59 Å². The second-order valence-electron chi connectivity index (χ2n) is 12.7. The first-order valence-corrected chi connectivity index (χ1v) is 16.3. The number of piperidine rings is 1. The predicted octanol–water partition coefficient (Wildman–Crippen LogP) is 1.49. The lowest BCUT2D eigenvalue weighted by molar-refractivity contribution is -0.150. The third-order valence-electron chi connectivity index (χ3n) is 9.63. The summed E-state index contributed by atoms with van der Waals surface area (Å²) >= 11 is 1.32. The normalized spacial score (nSPS) is 27.1. The molecule has 0 bridgehead atoms. The maximum absolute atomic E-state index is 13.5. The summed E-state index contributed by atoms with van der Waals surface area (Å²) in [5.74, 6) is -0.808. The van der Waals surface area contributed by atoms with Crippen LogP contribution >= 0.6 is 11.3 Å². The number of likely N-dealkylation sites (N-methyl/N-ethyl adjacent to an activating group) is 1. The van der Waals surface area contributed by atoms with Crippen molar-refractivity contribution in [2.45, 2.75) is 81.9 Å². The van der Waals surface area contributed by atoms with Gasteiger partial charge >= 0.3 is 18.0 Å². The van der Waals surface area contributed by atoms with Gasteiger partial charge in [0.15, 0.2) is 5.84 Å². The predicted molar refractivity (Wildman–Crippen MR) is 169 cm³/mol. The number of fused-ring (bicyclic) bond motifs is 1. The quantitative estimate of drug-likeness (QED) is 0.110. The van der Waals surface area contributed by atoms with Crippen molar-refractivity contribution in [2.75, 3.05) is 37.3 Å². The van der Waals surface area contributed by atoms with E-state index in [1.54, 1.807) is 13.0 Å². The fraction of sp³-hybridized carbons (Fsp3) is 0.567. The zero-order valence-electron chi connectivity index (χ0n) is 26.1. The number of nitrogens with zero attached hydrogens (tertiary/aromatic N) is 6. The number of nitrogen functional groups attached to an aromatic ring is 1. The second kappa shape index (κ2) is 12.0. The number of urea groups is 1. The molecule has 1 aliphatic carbocycles. The standard InChI is InChI=1S/C30H38N10O5S/c1-16(19-7-5-11-39(19)3)44-28-34-18(13-21(35-28)40-12-6-10-30(15-40)25(41)36-27(43)37-30)23(32)38-45-26(42)29(2)9-4-8-20-22(29)17(14-31)24(33)46-20/h13,16,19H,4-12,15,33H2,1-3H3,(H2,32,38)(H2,36,37,41,43)/t16-,19-,29?,30?/m0/s1. The van der Waals surface area contributed by atoms with Gasteiger partial charge in [0.1, 0.15) is 34.2 Å². The van der Waals surface area contributed by atoms with E-state index in [-0.39, 0.29) is 42.1 Å². The van der Waals surface area contributed by atoms with Crippen LogP contribution in [0.5, 0.6) is 6.01 Å². The van der Waals surface area contributed by atoms with E-state index in [2.05, 4.69) is 36.7 Å². The number of hydrogen-bond acceptors (Lipinski definition) is 13. The lowest BCUT2D eigenvalue weighted by atomic mass is 9.72. The van der Waals surface area contributed by atoms with Crippen LogP contribution in [0.4, 0.5) is 15.6 Å².